The van der Waals surface area contributed by atoms with E-state index in [1.807, 2.05) is 48.5 Å². The van der Waals surface area contributed by atoms with Crippen LogP contribution in [0.25, 0.3) is 0 Å². The van der Waals surface area contributed by atoms with Crippen molar-refractivity contribution in [1.82, 2.24) is 10.2 Å². The molecule has 1 fully saturated rings. The highest BCUT2D eigenvalue weighted by Crippen LogP contribution is 2.29. The number of methoxy groups -OCH3 is 1. The molecule has 1 aliphatic rings. The maximum atomic E-state index is 13.2. The van der Waals surface area contributed by atoms with Gasteiger partial charge in [-0.1, -0.05) is 50.2 Å². The lowest BCUT2D eigenvalue weighted by atomic mass is 10.0. The lowest BCUT2D eigenvalue weighted by molar-refractivity contribution is -0.142. The zero-order valence-electron chi connectivity index (χ0n) is 19.3. The molecule has 1 N–H and O–H groups in total. The van der Waals surface area contributed by atoms with Crippen LogP contribution in [0, 0.1) is 5.92 Å². The average molecular weight is 439 g/mol. The molecule has 0 spiro atoms. The second-order valence-corrected chi connectivity index (χ2v) is 8.59. The predicted molar refractivity (Wildman–Crippen MR) is 125 cm³/mol. The summed E-state index contributed by atoms with van der Waals surface area (Å²) in [7, 11) is 1.61. The molecule has 32 heavy (non-hydrogen) atoms. The molecule has 1 unspecified atom stereocenters. The first-order valence-corrected chi connectivity index (χ1v) is 11.4. The predicted octanol–water partition coefficient (Wildman–Crippen LogP) is 4.49. The van der Waals surface area contributed by atoms with Gasteiger partial charge in [0.2, 0.25) is 11.8 Å². The number of rotatable bonds is 10. The van der Waals surface area contributed by atoms with Crippen LogP contribution >= 0.6 is 0 Å². The van der Waals surface area contributed by atoms with Gasteiger partial charge in [-0.25, -0.2) is 0 Å². The number of piperidine rings is 1. The van der Waals surface area contributed by atoms with Crippen LogP contribution in [0.1, 0.15) is 56.7 Å². The van der Waals surface area contributed by atoms with E-state index in [4.69, 9.17) is 9.47 Å². The Morgan fingerprint density at radius 2 is 1.88 bits per heavy atom. The van der Waals surface area contributed by atoms with Crippen molar-refractivity contribution in [3.05, 3.63) is 59.7 Å². The minimum atomic E-state index is -0.621. The van der Waals surface area contributed by atoms with Gasteiger partial charge in [-0.15, -0.1) is 0 Å². The molecule has 2 amide bonds. The molecule has 1 atom stereocenters. The molecule has 0 aromatic heterocycles. The molecule has 1 heterocycles. The second-order valence-electron chi connectivity index (χ2n) is 8.59. The number of hydrogen-bond acceptors (Lipinski definition) is 4. The van der Waals surface area contributed by atoms with E-state index in [0.717, 1.165) is 30.4 Å². The molecule has 2 aromatic rings. The van der Waals surface area contributed by atoms with Crippen LogP contribution < -0.4 is 14.8 Å². The van der Waals surface area contributed by atoms with Crippen LogP contribution in [0.15, 0.2) is 48.5 Å². The maximum absolute atomic E-state index is 13.2. The van der Waals surface area contributed by atoms with E-state index in [9.17, 15) is 9.59 Å². The molecule has 0 aliphatic carbocycles. The molecular weight excluding hydrogens is 404 g/mol. The summed E-state index contributed by atoms with van der Waals surface area (Å²) < 4.78 is 11.3. The zero-order chi connectivity index (χ0) is 22.9. The number of carbonyl (C=O) groups is 2. The van der Waals surface area contributed by atoms with Gasteiger partial charge < -0.3 is 19.7 Å². The minimum Gasteiger partial charge on any atom is -0.493 e. The summed E-state index contributed by atoms with van der Waals surface area (Å²) in [6, 6.07) is 14.6. The molecule has 0 radical (unpaired) electrons. The summed E-state index contributed by atoms with van der Waals surface area (Å²) in [6.45, 7) is 5.89. The van der Waals surface area contributed by atoms with Gasteiger partial charge in [0.15, 0.2) is 11.5 Å². The number of carbonyl (C=O) groups excluding carboxylic acids is 2. The molecule has 172 valence electrons. The standard InChI is InChI=1S/C26H34N2O4/c1-19(2)14-16-32-22-13-12-20(17-23(22)31-3)18-27-26(30)25(21-9-5-4-6-10-21)28-15-8-7-11-24(28)29/h4-6,9-10,12-13,17,19,25H,7-8,11,14-16,18H2,1-3H3,(H,27,30). The number of likely N-dealkylation sites (tertiary alicyclic amines) is 1. The summed E-state index contributed by atoms with van der Waals surface area (Å²) in [5.74, 6) is 1.77. The van der Waals surface area contributed by atoms with Gasteiger partial charge in [-0.05, 0) is 48.4 Å². The van der Waals surface area contributed by atoms with E-state index in [2.05, 4.69) is 19.2 Å². The number of ether oxygens (including phenoxy) is 2. The van der Waals surface area contributed by atoms with Crippen molar-refractivity contribution in [3.63, 3.8) is 0 Å². The Labute approximate surface area is 190 Å². The van der Waals surface area contributed by atoms with E-state index >= 15 is 0 Å². The molecule has 0 saturated carbocycles. The number of nitrogens with zero attached hydrogens (tertiary/aromatic N) is 1. The first-order chi connectivity index (χ1) is 15.5. The van der Waals surface area contributed by atoms with E-state index in [-0.39, 0.29) is 11.8 Å². The van der Waals surface area contributed by atoms with Gasteiger partial charge in [0.1, 0.15) is 6.04 Å². The van der Waals surface area contributed by atoms with Gasteiger partial charge in [0, 0.05) is 19.5 Å². The van der Waals surface area contributed by atoms with Crippen molar-refractivity contribution in [2.24, 2.45) is 5.92 Å². The van der Waals surface area contributed by atoms with Crippen molar-refractivity contribution in [2.75, 3.05) is 20.3 Å². The minimum absolute atomic E-state index is 0.0322. The molecule has 1 saturated heterocycles. The van der Waals surface area contributed by atoms with E-state index in [1.165, 1.54) is 0 Å². The third-order valence-corrected chi connectivity index (χ3v) is 5.68. The average Bonchev–Trinajstić information content (AvgIpc) is 2.80. The quantitative estimate of drug-likeness (QED) is 0.593. The molecule has 2 aromatic carbocycles. The van der Waals surface area contributed by atoms with Crippen LogP contribution in [0.3, 0.4) is 0 Å². The fraction of sp³-hybridized carbons (Fsp3) is 0.462. The Bertz CT molecular complexity index is 898. The highest BCUT2D eigenvalue weighted by Gasteiger charge is 2.32. The first-order valence-electron chi connectivity index (χ1n) is 11.4. The van der Waals surface area contributed by atoms with Crippen LogP contribution in [0.5, 0.6) is 11.5 Å². The SMILES string of the molecule is COc1cc(CNC(=O)C(c2ccccc2)N2CCCCC2=O)ccc1OCCC(C)C. The summed E-state index contributed by atoms with van der Waals surface area (Å²) in [5.41, 5.74) is 1.73. The molecule has 3 rings (SSSR count). The van der Waals surface area contributed by atoms with Crippen LogP contribution in [-0.2, 0) is 16.1 Å². The fourth-order valence-electron chi connectivity index (χ4n) is 3.84. The number of nitrogens with one attached hydrogen (secondary N) is 1. The summed E-state index contributed by atoms with van der Waals surface area (Å²) in [6.07, 6.45) is 3.25. The number of hydrogen-bond donors (Lipinski definition) is 1. The van der Waals surface area contributed by atoms with E-state index in [1.54, 1.807) is 12.0 Å². The third kappa shape index (κ3) is 6.25. The summed E-state index contributed by atoms with van der Waals surface area (Å²) >= 11 is 0. The Hall–Kier alpha value is -3.02. The van der Waals surface area contributed by atoms with Crippen LogP contribution in [0.4, 0.5) is 0 Å². The second kappa shape index (κ2) is 11.6. The molecule has 0 bridgehead atoms. The highest BCUT2D eigenvalue weighted by atomic mass is 16.5. The number of benzene rings is 2. The third-order valence-electron chi connectivity index (χ3n) is 5.68. The molecular formula is C26H34N2O4. The van der Waals surface area contributed by atoms with Crippen molar-refractivity contribution >= 4 is 11.8 Å². The van der Waals surface area contributed by atoms with Crippen molar-refractivity contribution < 1.29 is 19.1 Å². The lowest BCUT2D eigenvalue weighted by Crippen LogP contribution is -2.45. The van der Waals surface area contributed by atoms with Gasteiger partial charge in [0.25, 0.3) is 0 Å². The van der Waals surface area contributed by atoms with Gasteiger partial charge >= 0.3 is 0 Å². The van der Waals surface area contributed by atoms with Gasteiger partial charge in [0.05, 0.1) is 13.7 Å². The normalized spacial score (nSPS) is 14.9. The Balaban J connectivity index is 1.69. The number of amides is 2. The van der Waals surface area contributed by atoms with Gasteiger partial charge in [-0.3, -0.25) is 9.59 Å². The maximum Gasteiger partial charge on any atom is 0.247 e. The van der Waals surface area contributed by atoms with Crippen LogP contribution in [-0.4, -0.2) is 37.0 Å². The van der Waals surface area contributed by atoms with Crippen LogP contribution in [0.2, 0.25) is 0 Å². The van der Waals surface area contributed by atoms with Crippen molar-refractivity contribution in [2.45, 2.75) is 52.1 Å². The topological polar surface area (TPSA) is 67.9 Å². The fourth-order valence-corrected chi connectivity index (χ4v) is 3.84. The Morgan fingerprint density at radius 3 is 2.56 bits per heavy atom. The van der Waals surface area contributed by atoms with E-state index in [0.29, 0.717) is 43.5 Å². The monoisotopic (exact) mass is 438 g/mol. The highest BCUT2D eigenvalue weighted by molar-refractivity contribution is 5.89. The Kier molecular flexibility index (Phi) is 8.54. The summed E-state index contributed by atoms with van der Waals surface area (Å²) in [5, 5.41) is 3.02. The lowest BCUT2D eigenvalue weighted by Gasteiger charge is -2.34. The van der Waals surface area contributed by atoms with Gasteiger partial charge in [-0.2, -0.15) is 0 Å². The Morgan fingerprint density at radius 1 is 1.09 bits per heavy atom. The summed E-state index contributed by atoms with van der Waals surface area (Å²) in [4.78, 5) is 27.5. The van der Waals surface area contributed by atoms with Crippen molar-refractivity contribution in [3.8, 4) is 11.5 Å². The zero-order valence-corrected chi connectivity index (χ0v) is 19.3. The van der Waals surface area contributed by atoms with Crippen molar-refractivity contribution in [1.29, 1.82) is 0 Å². The largest absolute Gasteiger partial charge is 0.493 e. The smallest absolute Gasteiger partial charge is 0.247 e. The molecule has 6 heteroatoms. The first kappa shape index (κ1) is 23.6. The molecule has 6 nitrogen and oxygen atoms in total. The molecule has 1 aliphatic heterocycles. The van der Waals surface area contributed by atoms with E-state index < -0.39 is 6.04 Å².